The minimum absolute atomic E-state index is 0.0565. The van der Waals surface area contributed by atoms with Crippen LogP contribution in [0.2, 0.25) is 0 Å². The third-order valence-corrected chi connectivity index (χ3v) is 7.35. The quantitative estimate of drug-likeness (QED) is 0.200. The number of nitrogens with zero attached hydrogens (tertiary/aromatic N) is 1. The van der Waals surface area contributed by atoms with Gasteiger partial charge in [-0.25, -0.2) is 9.18 Å². The molecule has 5 aromatic carbocycles. The summed E-state index contributed by atoms with van der Waals surface area (Å²) in [4.78, 5) is 11.7. The molecule has 1 aromatic heterocycles. The number of para-hydroxylation sites is 1. The molecule has 202 valence electrons. The van der Waals surface area contributed by atoms with Crippen molar-refractivity contribution in [2.45, 2.75) is 12.5 Å². The molecule has 0 radical (unpaired) electrons. The second-order valence-corrected chi connectivity index (χ2v) is 9.92. The van der Waals surface area contributed by atoms with Crippen molar-refractivity contribution in [3.63, 3.8) is 0 Å². The minimum Gasteiger partial charge on any atom is -0.492 e. The first-order valence-electron chi connectivity index (χ1n) is 13.5. The Hall–Kier alpha value is -5.16. The number of carboxylic acids is 1. The highest BCUT2D eigenvalue weighted by atomic mass is 19.1. The fourth-order valence-electron chi connectivity index (χ4n) is 5.38. The van der Waals surface area contributed by atoms with Gasteiger partial charge in [0.25, 0.3) is 0 Å². The predicted molar refractivity (Wildman–Crippen MR) is 160 cm³/mol. The molecule has 0 spiro atoms. The summed E-state index contributed by atoms with van der Waals surface area (Å²) < 4.78 is 21.9. The molecule has 41 heavy (non-hydrogen) atoms. The Kier molecular flexibility index (Phi) is 7.33. The summed E-state index contributed by atoms with van der Waals surface area (Å²) in [7, 11) is 0. The number of halogens is 1. The highest BCUT2D eigenvalue weighted by Gasteiger charge is 2.21. The molecule has 4 nitrogen and oxygen atoms in total. The molecule has 0 aliphatic rings. The zero-order chi connectivity index (χ0) is 28.2. The Balaban J connectivity index is 1.44. The van der Waals surface area contributed by atoms with Crippen LogP contribution in [0.3, 0.4) is 0 Å². The summed E-state index contributed by atoms with van der Waals surface area (Å²) in [6.07, 6.45) is 2.75. The van der Waals surface area contributed by atoms with Crippen LogP contribution in [0, 0.1) is 5.82 Å². The average Bonchev–Trinajstić information content (AvgIpc) is 3.36. The van der Waals surface area contributed by atoms with Gasteiger partial charge in [-0.2, -0.15) is 0 Å². The van der Waals surface area contributed by atoms with Crippen LogP contribution in [-0.4, -0.2) is 22.2 Å². The number of aromatic nitrogens is 1. The minimum atomic E-state index is -1.02. The molecular weight excluding hydrogens is 513 g/mol. The molecule has 0 saturated heterocycles. The Labute approximate surface area is 237 Å². The van der Waals surface area contributed by atoms with Gasteiger partial charge >= 0.3 is 5.97 Å². The van der Waals surface area contributed by atoms with Crippen molar-refractivity contribution in [1.82, 2.24) is 4.57 Å². The smallest absolute Gasteiger partial charge is 0.339 e. The molecule has 6 aromatic rings. The molecule has 0 atom stereocenters. The Bertz CT molecular complexity index is 1760. The van der Waals surface area contributed by atoms with Crippen molar-refractivity contribution in [1.29, 1.82) is 0 Å². The average molecular weight is 542 g/mol. The molecule has 5 heteroatoms. The summed E-state index contributed by atoms with van der Waals surface area (Å²) in [5, 5.41) is 10.6. The molecule has 0 aliphatic carbocycles. The zero-order valence-corrected chi connectivity index (χ0v) is 22.3. The number of benzene rings is 5. The van der Waals surface area contributed by atoms with E-state index < -0.39 is 5.97 Å². The number of ether oxygens (including phenoxy) is 1. The van der Waals surface area contributed by atoms with E-state index in [1.54, 1.807) is 36.4 Å². The molecule has 0 fully saturated rings. The second kappa shape index (κ2) is 11.5. The van der Waals surface area contributed by atoms with E-state index in [2.05, 4.69) is 77.5 Å². The highest BCUT2D eigenvalue weighted by molar-refractivity contribution is 5.91. The van der Waals surface area contributed by atoms with E-state index in [0.717, 1.165) is 38.7 Å². The Morgan fingerprint density at radius 2 is 1.37 bits per heavy atom. The normalized spacial score (nSPS) is 11.2. The second-order valence-electron chi connectivity index (χ2n) is 9.92. The number of rotatable bonds is 9. The van der Waals surface area contributed by atoms with Crippen molar-refractivity contribution in [3.8, 4) is 16.9 Å². The summed E-state index contributed by atoms with van der Waals surface area (Å²) in [5.74, 6) is -0.939. The van der Waals surface area contributed by atoms with Gasteiger partial charge in [0.2, 0.25) is 0 Å². The van der Waals surface area contributed by atoms with Gasteiger partial charge in [-0.05, 0) is 64.2 Å². The van der Waals surface area contributed by atoms with Gasteiger partial charge in [-0.15, -0.1) is 0 Å². The summed E-state index contributed by atoms with van der Waals surface area (Å²) in [6, 6.07) is 40.3. The lowest BCUT2D eigenvalue weighted by Crippen LogP contribution is -2.11. The first kappa shape index (κ1) is 26.1. The molecule has 6 rings (SSSR count). The SMILES string of the molecule is O=C(O)c1ccccc1OCCc1cn(C(c2ccccc2)c2ccccc2)c2ccc(-c3ccc(F)cc3)cc12. The molecule has 0 unspecified atom stereocenters. The van der Waals surface area contributed by atoms with E-state index in [9.17, 15) is 14.3 Å². The van der Waals surface area contributed by atoms with Gasteiger partial charge in [0.1, 0.15) is 17.1 Å². The first-order chi connectivity index (χ1) is 20.1. The molecule has 0 amide bonds. The zero-order valence-electron chi connectivity index (χ0n) is 22.3. The lowest BCUT2D eigenvalue weighted by atomic mass is 9.98. The largest absolute Gasteiger partial charge is 0.492 e. The van der Waals surface area contributed by atoms with Crippen LogP contribution in [0.15, 0.2) is 134 Å². The Morgan fingerprint density at radius 1 is 0.756 bits per heavy atom. The fraction of sp³-hybridized carbons (Fsp3) is 0.0833. The third-order valence-electron chi connectivity index (χ3n) is 7.35. The van der Waals surface area contributed by atoms with Crippen molar-refractivity contribution in [2.75, 3.05) is 6.61 Å². The van der Waals surface area contributed by atoms with E-state index in [1.165, 1.54) is 12.1 Å². The van der Waals surface area contributed by atoms with E-state index in [0.29, 0.717) is 18.8 Å². The maximum atomic E-state index is 13.6. The summed E-state index contributed by atoms with van der Waals surface area (Å²) in [6.45, 7) is 0.311. The highest BCUT2D eigenvalue weighted by Crippen LogP contribution is 2.35. The van der Waals surface area contributed by atoms with E-state index in [4.69, 9.17) is 4.74 Å². The first-order valence-corrected chi connectivity index (χ1v) is 13.5. The molecular formula is C36H28FNO3. The van der Waals surface area contributed by atoms with Crippen molar-refractivity contribution < 1.29 is 19.0 Å². The number of carboxylic acid groups (broad SMARTS) is 1. The maximum Gasteiger partial charge on any atom is 0.339 e. The van der Waals surface area contributed by atoms with Crippen LogP contribution in [0.5, 0.6) is 5.75 Å². The van der Waals surface area contributed by atoms with Crippen LogP contribution in [0.4, 0.5) is 4.39 Å². The van der Waals surface area contributed by atoms with Crippen molar-refractivity contribution >= 4 is 16.9 Å². The fourth-order valence-corrected chi connectivity index (χ4v) is 5.38. The number of hydrogen-bond acceptors (Lipinski definition) is 2. The van der Waals surface area contributed by atoms with Crippen LogP contribution < -0.4 is 4.74 Å². The van der Waals surface area contributed by atoms with Gasteiger partial charge in [0.05, 0.1) is 12.6 Å². The lowest BCUT2D eigenvalue weighted by Gasteiger charge is -2.21. The lowest BCUT2D eigenvalue weighted by molar-refractivity contribution is 0.0692. The van der Waals surface area contributed by atoms with Crippen molar-refractivity contribution in [2.24, 2.45) is 0 Å². The molecule has 0 aliphatic heterocycles. The number of hydrogen-bond donors (Lipinski definition) is 1. The van der Waals surface area contributed by atoms with Gasteiger partial charge in [0, 0.05) is 23.5 Å². The van der Waals surface area contributed by atoms with Gasteiger partial charge < -0.3 is 14.4 Å². The molecule has 1 heterocycles. The monoisotopic (exact) mass is 541 g/mol. The Morgan fingerprint density at radius 3 is 2.02 bits per heavy atom. The number of aromatic carboxylic acids is 1. The van der Waals surface area contributed by atoms with E-state index in [1.807, 2.05) is 12.1 Å². The van der Waals surface area contributed by atoms with Gasteiger partial charge in [-0.1, -0.05) is 91.0 Å². The third kappa shape index (κ3) is 5.48. The topological polar surface area (TPSA) is 51.5 Å². The predicted octanol–water partition coefficient (Wildman–Crippen LogP) is 8.40. The van der Waals surface area contributed by atoms with Crippen LogP contribution in [0.1, 0.15) is 33.1 Å². The number of carbonyl (C=O) groups is 1. The van der Waals surface area contributed by atoms with E-state index >= 15 is 0 Å². The standard InChI is InChI=1S/C36H28FNO3/c37-30-18-15-25(16-19-30)28-17-20-33-32(23-28)29(21-22-41-34-14-8-7-13-31(34)36(39)40)24-38(33)35(26-9-3-1-4-10-26)27-11-5-2-6-12-27/h1-20,23-24,35H,21-22H2,(H,39,40). The summed E-state index contributed by atoms with van der Waals surface area (Å²) in [5.41, 5.74) is 6.53. The molecule has 0 saturated carbocycles. The summed E-state index contributed by atoms with van der Waals surface area (Å²) >= 11 is 0. The van der Waals surface area contributed by atoms with Crippen molar-refractivity contribution in [3.05, 3.63) is 162 Å². The molecule has 1 N–H and O–H groups in total. The van der Waals surface area contributed by atoms with Gasteiger partial charge in [0.15, 0.2) is 0 Å². The van der Waals surface area contributed by atoms with E-state index in [-0.39, 0.29) is 17.4 Å². The number of fused-ring (bicyclic) bond motifs is 1. The van der Waals surface area contributed by atoms with Crippen LogP contribution >= 0.6 is 0 Å². The maximum absolute atomic E-state index is 13.6. The van der Waals surface area contributed by atoms with Gasteiger partial charge in [-0.3, -0.25) is 0 Å². The molecule has 0 bridgehead atoms. The van der Waals surface area contributed by atoms with Crippen LogP contribution in [-0.2, 0) is 6.42 Å². The van der Waals surface area contributed by atoms with Crippen LogP contribution in [0.25, 0.3) is 22.0 Å².